The second-order valence-electron chi connectivity index (χ2n) is 12.7. The first-order valence-corrected chi connectivity index (χ1v) is 16.4. The Morgan fingerprint density at radius 3 is 1.74 bits per heavy atom. The number of H-pyrrole nitrogens is 2. The second kappa shape index (κ2) is 16.3. The van der Waals surface area contributed by atoms with Gasteiger partial charge in [-0.15, -0.1) is 5.92 Å². The average Bonchev–Trinajstić information content (AvgIpc) is 3.87. The SMILES string of the molecule is COC(=O)NC(C(=O)N1CCCC1c1ncc(CCC#CCc2cnc([C@@H]3CCCN3C(=O)C(NC(=O)OC)C(C)C)[nH]2)[nH]1)C(C)C. The molecule has 0 radical (unpaired) electrons. The quantitative estimate of drug-likeness (QED) is 0.267. The molecule has 3 unspecified atom stereocenters. The summed E-state index contributed by atoms with van der Waals surface area (Å²) >= 11 is 0. The zero-order valence-electron chi connectivity index (χ0n) is 28.2. The molecule has 4 heterocycles. The van der Waals surface area contributed by atoms with E-state index in [1.807, 2.05) is 27.7 Å². The van der Waals surface area contributed by atoms with Crippen LogP contribution in [-0.2, 0) is 31.9 Å². The fourth-order valence-corrected chi connectivity index (χ4v) is 6.14. The Kier molecular flexibility index (Phi) is 12.3. The summed E-state index contributed by atoms with van der Waals surface area (Å²) in [5, 5.41) is 5.34. The van der Waals surface area contributed by atoms with Crippen LogP contribution in [-0.4, -0.2) is 93.1 Å². The molecule has 0 bridgehead atoms. The van der Waals surface area contributed by atoms with E-state index in [9.17, 15) is 19.2 Å². The number of aromatic amines is 2. The van der Waals surface area contributed by atoms with Crippen molar-refractivity contribution in [2.24, 2.45) is 11.8 Å². The molecule has 2 aromatic rings. The van der Waals surface area contributed by atoms with E-state index in [4.69, 9.17) is 9.47 Å². The molecule has 14 heteroatoms. The molecule has 0 spiro atoms. The molecule has 2 aromatic heterocycles. The smallest absolute Gasteiger partial charge is 0.407 e. The minimum atomic E-state index is -0.679. The lowest BCUT2D eigenvalue weighted by molar-refractivity contribution is -0.136. The fourth-order valence-electron chi connectivity index (χ4n) is 6.14. The molecule has 0 saturated carbocycles. The first-order valence-electron chi connectivity index (χ1n) is 16.4. The summed E-state index contributed by atoms with van der Waals surface area (Å²) in [4.78, 5) is 69.8. The third kappa shape index (κ3) is 8.84. The molecular formula is C33H48N8O6. The highest BCUT2D eigenvalue weighted by molar-refractivity contribution is 5.87. The third-order valence-corrected chi connectivity index (χ3v) is 8.71. The summed E-state index contributed by atoms with van der Waals surface area (Å²) in [6, 6.07) is -1.72. The minimum Gasteiger partial charge on any atom is -0.453 e. The lowest BCUT2D eigenvalue weighted by Crippen LogP contribution is -2.51. The summed E-state index contributed by atoms with van der Waals surface area (Å²) in [7, 11) is 2.56. The number of imidazole rings is 2. The van der Waals surface area contributed by atoms with Crippen LogP contribution in [0.25, 0.3) is 0 Å². The van der Waals surface area contributed by atoms with Gasteiger partial charge in [0.15, 0.2) is 0 Å². The number of hydrogen-bond acceptors (Lipinski definition) is 8. The van der Waals surface area contributed by atoms with E-state index in [-0.39, 0.29) is 35.7 Å². The molecule has 256 valence electrons. The highest BCUT2D eigenvalue weighted by Gasteiger charge is 2.38. The fraction of sp³-hybridized carbons (Fsp3) is 0.636. The van der Waals surface area contributed by atoms with Gasteiger partial charge in [-0.05, 0) is 43.9 Å². The molecular weight excluding hydrogens is 604 g/mol. The lowest BCUT2D eigenvalue weighted by Gasteiger charge is -2.30. The Morgan fingerprint density at radius 2 is 1.28 bits per heavy atom. The van der Waals surface area contributed by atoms with E-state index < -0.39 is 24.3 Å². The molecule has 4 atom stereocenters. The van der Waals surface area contributed by atoms with Crippen molar-refractivity contribution < 1.29 is 28.7 Å². The van der Waals surface area contributed by atoms with Crippen molar-refractivity contribution in [3.63, 3.8) is 0 Å². The van der Waals surface area contributed by atoms with Gasteiger partial charge in [0.1, 0.15) is 23.7 Å². The molecule has 2 fully saturated rings. The second-order valence-corrected chi connectivity index (χ2v) is 12.7. The van der Waals surface area contributed by atoms with Crippen molar-refractivity contribution in [2.75, 3.05) is 27.3 Å². The number of hydrogen-bond donors (Lipinski definition) is 4. The number of aromatic nitrogens is 4. The highest BCUT2D eigenvalue weighted by Crippen LogP contribution is 2.32. The maximum atomic E-state index is 13.4. The van der Waals surface area contributed by atoms with Crippen LogP contribution in [0.4, 0.5) is 9.59 Å². The number of carbonyl (C=O) groups excluding carboxylic acids is 4. The number of nitrogens with one attached hydrogen (secondary N) is 4. The predicted molar refractivity (Wildman–Crippen MR) is 173 cm³/mol. The van der Waals surface area contributed by atoms with Gasteiger partial charge in [0.05, 0.1) is 32.7 Å². The monoisotopic (exact) mass is 652 g/mol. The third-order valence-electron chi connectivity index (χ3n) is 8.71. The Balaban J connectivity index is 1.30. The molecule has 4 amide bonds. The van der Waals surface area contributed by atoms with Crippen LogP contribution in [0.2, 0.25) is 0 Å². The summed E-state index contributed by atoms with van der Waals surface area (Å²) in [6.45, 7) is 8.77. The summed E-state index contributed by atoms with van der Waals surface area (Å²) in [5.41, 5.74) is 1.81. The number of alkyl carbamates (subject to hydrolysis) is 2. The molecule has 47 heavy (non-hydrogen) atoms. The van der Waals surface area contributed by atoms with E-state index >= 15 is 0 Å². The van der Waals surface area contributed by atoms with Crippen molar-refractivity contribution in [3.05, 3.63) is 35.4 Å². The van der Waals surface area contributed by atoms with Crippen LogP contribution < -0.4 is 10.6 Å². The minimum absolute atomic E-state index is 0.0946. The normalized spacial score (nSPS) is 18.9. The van der Waals surface area contributed by atoms with Crippen LogP contribution in [0.1, 0.15) is 94.9 Å². The van der Waals surface area contributed by atoms with Gasteiger partial charge in [0.2, 0.25) is 11.8 Å². The number of ether oxygens (including phenoxy) is 2. The number of carbonyl (C=O) groups is 4. The maximum absolute atomic E-state index is 13.4. The summed E-state index contributed by atoms with van der Waals surface area (Å²) in [5.74, 6) is 7.41. The standard InChI is InChI=1S/C33H48N8O6/c1-20(2)26(38-32(44)46-5)30(42)40-16-10-14-24(40)28-34-18-22(36-28)12-8-7-9-13-23-19-35-29(37-23)25-15-11-17-41(25)31(43)27(21(3)4)39-33(45)47-6/h18-21,24-27H,8,10-17H2,1-6H3,(H,34,36)(H,35,37)(H,38,44)(H,39,45)/t24?,25-,26?,27?/m0/s1. The Bertz CT molecular complexity index is 1460. The molecule has 2 aliphatic heterocycles. The number of nitrogens with zero attached hydrogens (tertiary/aromatic N) is 4. The van der Waals surface area contributed by atoms with Gasteiger partial charge in [-0.1, -0.05) is 33.6 Å². The summed E-state index contributed by atoms with van der Waals surface area (Å²) in [6.07, 6.45) is 7.41. The molecule has 2 saturated heterocycles. The van der Waals surface area contributed by atoms with E-state index in [0.717, 1.165) is 48.7 Å². The van der Waals surface area contributed by atoms with Gasteiger partial charge in [-0.3, -0.25) is 9.59 Å². The average molecular weight is 653 g/mol. The highest BCUT2D eigenvalue weighted by atomic mass is 16.5. The molecule has 4 N–H and O–H groups in total. The van der Waals surface area contributed by atoms with Crippen molar-refractivity contribution in [2.45, 2.75) is 96.8 Å². The predicted octanol–water partition coefficient (Wildman–Crippen LogP) is 3.40. The van der Waals surface area contributed by atoms with Crippen LogP contribution in [0, 0.1) is 23.7 Å². The number of rotatable bonds is 11. The molecule has 2 aliphatic rings. The van der Waals surface area contributed by atoms with Crippen LogP contribution in [0.3, 0.4) is 0 Å². The van der Waals surface area contributed by atoms with E-state index in [0.29, 0.717) is 32.4 Å². The Labute approximate surface area is 276 Å². The lowest BCUT2D eigenvalue weighted by atomic mass is 10.0. The first kappa shape index (κ1) is 35.3. The molecule has 14 nitrogen and oxygen atoms in total. The molecule has 0 aromatic carbocycles. The van der Waals surface area contributed by atoms with Crippen molar-refractivity contribution in [1.29, 1.82) is 0 Å². The van der Waals surface area contributed by atoms with Crippen molar-refractivity contribution >= 4 is 24.0 Å². The number of likely N-dealkylation sites (tertiary alicyclic amines) is 2. The van der Waals surface area contributed by atoms with Crippen LogP contribution in [0.15, 0.2) is 12.4 Å². The van der Waals surface area contributed by atoms with Crippen molar-refractivity contribution in [1.82, 2.24) is 40.4 Å². The van der Waals surface area contributed by atoms with Gasteiger partial charge in [0.25, 0.3) is 0 Å². The zero-order chi connectivity index (χ0) is 34.1. The van der Waals surface area contributed by atoms with Crippen molar-refractivity contribution in [3.8, 4) is 11.8 Å². The molecule has 4 rings (SSSR count). The number of methoxy groups -OCH3 is 2. The maximum Gasteiger partial charge on any atom is 0.407 e. The van der Waals surface area contributed by atoms with Gasteiger partial charge < -0.3 is 39.9 Å². The van der Waals surface area contributed by atoms with Gasteiger partial charge in [0, 0.05) is 43.3 Å². The van der Waals surface area contributed by atoms with E-state index in [2.05, 4.69) is 42.4 Å². The van der Waals surface area contributed by atoms with Gasteiger partial charge in [-0.2, -0.15) is 0 Å². The Hall–Kier alpha value is -4.54. The van der Waals surface area contributed by atoms with E-state index in [1.54, 1.807) is 22.2 Å². The number of aryl methyl sites for hydroxylation is 1. The summed E-state index contributed by atoms with van der Waals surface area (Å²) < 4.78 is 9.43. The van der Waals surface area contributed by atoms with Gasteiger partial charge >= 0.3 is 12.2 Å². The van der Waals surface area contributed by atoms with Crippen LogP contribution in [0.5, 0.6) is 0 Å². The Morgan fingerprint density at radius 1 is 0.809 bits per heavy atom. The topological polar surface area (TPSA) is 175 Å². The molecule has 0 aliphatic carbocycles. The largest absolute Gasteiger partial charge is 0.453 e. The first-order chi connectivity index (χ1) is 22.5. The van der Waals surface area contributed by atoms with Gasteiger partial charge in [-0.25, -0.2) is 19.6 Å². The van der Waals surface area contributed by atoms with E-state index in [1.165, 1.54) is 14.2 Å². The van der Waals surface area contributed by atoms with Crippen LogP contribution >= 0.6 is 0 Å². The number of amides is 4. The zero-order valence-corrected chi connectivity index (χ0v) is 28.2.